The van der Waals surface area contributed by atoms with Crippen LogP contribution in [0.5, 0.6) is 5.75 Å². The van der Waals surface area contributed by atoms with E-state index in [1.165, 1.54) is 13.4 Å². The van der Waals surface area contributed by atoms with Gasteiger partial charge < -0.3 is 25.4 Å². The van der Waals surface area contributed by atoms with Crippen LogP contribution in [-0.2, 0) is 0 Å². The summed E-state index contributed by atoms with van der Waals surface area (Å²) in [4.78, 5) is 22.9. The normalized spacial score (nSPS) is 19.0. The standard InChI is InChI=1S/C18H22ClN5O3/c1-20-16-7-17(23-10-22-16)24-9-12(25)5-11(24)8-21-18(26)14-4-3-13(27-2)6-15(14)19/h3-4,6-7,10-12,25H,5,8-9H2,1-2H3,(H,21,26)(H,20,22,23)/t11-,12-/m1/s1. The van der Waals surface area contributed by atoms with Gasteiger partial charge in [0.05, 0.1) is 29.8 Å². The maximum atomic E-state index is 12.5. The highest BCUT2D eigenvalue weighted by Gasteiger charge is 2.32. The number of aromatic nitrogens is 2. The summed E-state index contributed by atoms with van der Waals surface area (Å²) in [6.07, 6.45) is 1.53. The number of rotatable bonds is 6. The molecule has 1 aromatic heterocycles. The van der Waals surface area contributed by atoms with Crippen molar-refractivity contribution in [1.29, 1.82) is 0 Å². The number of methoxy groups -OCH3 is 1. The summed E-state index contributed by atoms with van der Waals surface area (Å²) in [5.41, 5.74) is 0.377. The molecule has 0 unspecified atom stereocenters. The number of nitrogens with zero attached hydrogens (tertiary/aromatic N) is 3. The Labute approximate surface area is 162 Å². The van der Waals surface area contributed by atoms with Gasteiger partial charge in [-0.1, -0.05) is 11.6 Å². The largest absolute Gasteiger partial charge is 0.497 e. The van der Waals surface area contributed by atoms with Crippen LogP contribution in [0.1, 0.15) is 16.8 Å². The van der Waals surface area contributed by atoms with Gasteiger partial charge in [0.2, 0.25) is 0 Å². The number of hydrogen-bond acceptors (Lipinski definition) is 7. The lowest BCUT2D eigenvalue weighted by Gasteiger charge is -2.25. The minimum atomic E-state index is -0.482. The number of ether oxygens (including phenoxy) is 1. The van der Waals surface area contributed by atoms with Gasteiger partial charge in [0.15, 0.2) is 0 Å². The van der Waals surface area contributed by atoms with Gasteiger partial charge in [-0.3, -0.25) is 4.79 Å². The van der Waals surface area contributed by atoms with E-state index in [0.717, 1.165) is 0 Å². The maximum Gasteiger partial charge on any atom is 0.252 e. The molecule has 0 bridgehead atoms. The highest BCUT2D eigenvalue weighted by molar-refractivity contribution is 6.34. The molecule has 27 heavy (non-hydrogen) atoms. The van der Waals surface area contributed by atoms with E-state index in [4.69, 9.17) is 16.3 Å². The molecule has 2 atom stereocenters. The first-order chi connectivity index (χ1) is 13.0. The monoisotopic (exact) mass is 391 g/mol. The van der Waals surface area contributed by atoms with Crippen LogP contribution in [0.15, 0.2) is 30.6 Å². The number of aliphatic hydroxyl groups is 1. The van der Waals surface area contributed by atoms with E-state index >= 15 is 0 Å². The van der Waals surface area contributed by atoms with Crippen LogP contribution in [0.3, 0.4) is 0 Å². The highest BCUT2D eigenvalue weighted by atomic mass is 35.5. The SMILES string of the molecule is CNc1cc(N2C[C@H](O)C[C@@H]2CNC(=O)c2ccc(OC)cc2Cl)ncn1. The summed E-state index contributed by atoms with van der Waals surface area (Å²) >= 11 is 6.16. The number of halogens is 1. The number of nitrogens with one attached hydrogen (secondary N) is 2. The van der Waals surface area contributed by atoms with Crippen molar-refractivity contribution in [1.82, 2.24) is 15.3 Å². The molecule has 1 aromatic carbocycles. The van der Waals surface area contributed by atoms with E-state index < -0.39 is 6.10 Å². The molecule has 2 aromatic rings. The minimum absolute atomic E-state index is 0.0828. The first-order valence-electron chi connectivity index (χ1n) is 8.58. The Morgan fingerprint density at radius 3 is 2.93 bits per heavy atom. The molecule has 1 saturated heterocycles. The van der Waals surface area contributed by atoms with E-state index in [-0.39, 0.29) is 11.9 Å². The van der Waals surface area contributed by atoms with Crippen molar-refractivity contribution in [3.05, 3.63) is 41.2 Å². The number of benzene rings is 1. The third kappa shape index (κ3) is 4.40. The Morgan fingerprint density at radius 2 is 2.22 bits per heavy atom. The lowest BCUT2D eigenvalue weighted by atomic mass is 10.1. The van der Waals surface area contributed by atoms with Crippen LogP contribution in [0, 0.1) is 0 Å². The van der Waals surface area contributed by atoms with Crippen LogP contribution >= 0.6 is 11.6 Å². The predicted molar refractivity (Wildman–Crippen MR) is 104 cm³/mol. The van der Waals surface area contributed by atoms with Crippen molar-refractivity contribution >= 4 is 29.1 Å². The molecule has 3 rings (SSSR count). The van der Waals surface area contributed by atoms with Crippen molar-refractivity contribution in [2.75, 3.05) is 37.5 Å². The number of amides is 1. The fraction of sp³-hybridized carbons (Fsp3) is 0.389. The van der Waals surface area contributed by atoms with E-state index in [9.17, 15) is 9.90 Å². The molecule has 2 heterocycles. The first kappa shape index (κ1) is 19.2. The van der Waals surface area contributed by atoms with Gasteiger partial charge in [-0.15, -0.1) is 0 Å². The third-order valence-electron chi connectivity index (χ3n) is 4.51. The lowest BCUT2D eigenvalue weighted by molar-refractivity contribution is 0.0950. The van der Waals surface area contributed by atoms with Crippen LogP contribution in [-0.4, -0.2) is 60.4 Å². The molecule has 3 N–H and O–H groups in total. The van der Waals surface area contributed by atoms with Crippen LogP contribution in [0.4, 0.5) is 11.6 Å². The van der Waals surface area contributed by atoms with Gasteiger partial charge in [0, 0.05) is 26.2 Å². The fourth-order valence-electron chi connectivity index (χ4n) is 3.12. The second-order valence-corrected chi connectivity index (χ2v) is 6.67. The second-order valence-electron chi connectivity index (χ2n) is 6.26. The molecule has 1 fully saturated rings. The van der Waals surface area contributed by atoms with Crippen LogP contribution in [0.2, 0.25) is 5.02 Å². The quantitative estimate of drug-likeness (QED) is 0.687. The van der Waals surface area contributed by atoms with Crippen molar-refractivity contribution in [2.24, 2.45) is 0 Å². The molecule has 144 valence electrons. The van der Waals surface area contributed by atoms with Crippen molar-refractivity contribution < 1.29 is 14.6 Å². The molecule has 8 nitrogen and oxygen atoms in total. The lowest BCUT2D eigenvalue weighted by Crippen LogP contribution is -2.40. The zero-order valence-electron chi connectivity index (χ0n) is 15.1. The smallest absolute Gasteiger partial charge is 0.252 e. The molecule has 0 saturated carbocycles. The van der Waals surface area contributed by atoms with Gasteiger partial charge in [0.1, 0.15) is 23.7 Å². The molecule has 0 spiro atoms. The summed E-state index contributed by atoms with van der Waals surface area (Å²) in [6.45, 7) is 0.807. The predicted octanol–water partition coefficient (Wildman–Crippen LogP) is 1.55. The van der Waals surface area contributed by atoms with Gasteiger partial charge in [-0.2, -0.15) is 0 Å². The van der Waals surface area contributed by atoms with Crippen molar-refractivity contribution in [3.8, 4) is 5.75 Å². The van der Waals surface area contributed by atoms with Gasteiger partial charge in [-0.25, -0.2) is 9.97 Å². The second kappa shape index (κ2) is 8.41. The van der Waals surface area contributed by atoms with Crippen molar-refractivity contribution in [2.45, 2.75) is 18.6 Å². The molecular weight excluding hydrogens is 370 g/mol. The number of aliphatic hydroxyl groups excluding tert-OH is 1. The minimum Gasteiger partial charge on any atom is -0.497 e. The van der Waals surface area contributed by atoms with E-state index in [2.05, 4.69) is 20.6 Å². The summed E-state index contributed by atoms with van der Waals surface area (Å²) in [5, 5.41) is 16.3. The van der Waals surface area contributed by atoms with Crippen LogP contribution in [0.25, 0.3) is 0 Å². The Kier molecular flexibility index (Phi) is 5.98. The average Bonchev–Trinajstić information content (AvgIpc) is 3.06. The van der Waals surface area contributed by atoms with E-state index in [1.807, 2.05) is 11.0 Å². The molecule has 0 aliphatic carbocycles. The highest BCUT2D eigenvalue weighted by Crippen LogP contribution is 2.26. The Morgan fingerprint density at radius 1 is 1.41 bits per heavy atom. The summed E-state index contributed by atoms with van der Waals surface area (Å²) < 4.78 is 5.10. The summed E-state index contributed by atoms with van der Waals surface area (Å²) in [6, 6.07) is 6.64. The first-order valence-corrected chi connectivity index (χ1v) is 8.96. The molecule has 0 radical (unpaired) electrons. The van der Waals surface area contributed by atoms with Gasteiger partial charge >= 0.3 is 0 Å². The van der Waals surface area contributed by atoms with Crippen molar-refractivity contribution in [3.63, 3.8) is 0 Å². The number of carbonyl (C=O) groups excluding carboxylic acids is 1. The number of β-amino-alcohol motifs (C(OH)–C–C–N with tert-alkyl or cyclic N) is 1. The van der Waals surface area contributed by atoms with E-state index in [1.54, 1.807) is 25.2 Å². The zero-order valence-corrected chi connectivity index (χ0v) is 15.9. The zero-order chi connectivity index (χ0) is 19.4. The number of anilines is 2. The Bertz CT molecular complexity index is 819. The number of hydrogen-bond donors (Lipinski definition) is 3. The molecule has 9 heteroatoms. The molecule has 1 aliphatic heterocycles. The Balaban J connectivity index is 1.69. The third-order valence-corrected chi connectivity index (χ3v) is 4.83. The van der Waals surface area contributed by atoms with Gasteiger partial charge in [-0.05, 0) is 24.6 Å². The average molecular weight is 392 g/mol. The number of carbonyl (C=O) groups is 1. The Hall–Kier alpha value is -2.58. The molecular formula is C18H22ClN5O3. The summed E-state index contributed by atoms with van der Waals surface area (Å²) in [7, 11) is 3.32. The maximum absolute atomic E-state index is 12.5. The topological polar surface area (TPSA) is 99.6 Å². The fourth-order valence-corrected chi connectivity index (χ4v) is 3.38. The molecule has 1 amide bonds. The van der Waals surface area contributed by atoms with Gasteiger partial charge in [0.25, 0.3) is 5.91 Å². The molecule has 1 aliphatic rings. The summed E-state index contributed by atoms with van der Waals surface area (Å²) in [5.74, 6) is 1.70. The van der Waals surface area contributed by atoms with Crippen LogP contribution < -0.4 is 20.3 Å². The van der Waals surface area contributed by atoms with E-state index in [0.29, 0.717) is 47.5 Å².